The predicted molar refractivity (Wildman–Crippen MR) is 131 cm³/mol. The van der Waals surface area contributed by atoms with Crippen LogP contribution >= 0.6 is 0 Å². The molecular formula is C27H33N3O4. The number of hydrogen-bond donors (Lipinski definition) is 0. The van der Waals surface area contributed by atoms with Crippen LogP contribution in [0, 0.1) is 12.8 Å². The Morgan fingerprint density at radius 3 is 2.74 bits per heavy atom. The largest absolute Gasteiger partial charge is 0.497 e. The first kappa shape index (κ1) is 24.0. The zero-order valence-corrected chi connectivity index (χ0v) is 20.2. The Balaban J connectivity index is 1.56. The Labute approximate surface area is 201 Å². The van der Waals surface area contributed by atoms with Crippen LogP contribution in [0.1, 0.15) is 48.9 Å². The third-order valence-corrected chi connectivity index (χ3v) is 6.48. The number of aryl methyl sites for hydroxylation is 1. The molecule has 1 amide bonds. The molecule has 2 aliphatic heterocycles. The van der Waals surface area contributed by atoms with Crippen molar-refractivity contribution in [2.75, 3.05) is 33.4 Å². The van der Waals surface area contributed by atoms with Crippen LogP contribution in [-0.4, -0.2) is 60.8 Å². The number of amides is 1. The lowest BCUT2D eigenvalue weighted by atomic mass is 9.97. The molecule has 0 bridgehead atoms. The van der Waals surface area contributed by atoms with E-state index in [0.29, 0.717) is 19.6 Å². The van der Waals surface area contributed by atoms with Gasteiger partial charge in [-0.1, -0.05) is 42.0 Å². The molecule has 2 aromatic carbocycles. The number of nitrogens with zero attached hydrogens (tertiary/aromatic N) is 3. The molecule has 2 aliphatic rings. The Kier molecular flexibility index (Phi) is 7.63. The topological polar surface area (TPSA) is 71.4 Å². The zero-order valence-electron chi connectivity index (χ0n) is 20.2. The first-order chi connectivity index (χ1) is 16.5. The number of benzene rings is 2. The molecule has 0 aromatic heterocycles. The molecule has 4 rings (SSSR count). The van der Waals surface area contributed by atoms with Crippen molar-refractivity contribution in [1.82, 2.24) is 9.91 Å². The molecule has 2 atom stereocenters. The van der Waals surface area contributed by atoms with Gasteiger partial charge in [-0.2, -0.15) is 5.10 Å². The van der Waals surface area contributed by atoms with E-state index >= 15 is 0 Å². The molecule has 1 saturated heterocycles. The molecule has 0 N–H and O–H groups in total. The van der Waals surface area contributed by atoms with Crippen molar-refractivity contribution in [3.8, 4) is 5.75 Å². The lowest BCUT2D eigenvalue weighted by Gasteiger charge is -2.32. The van der Waals surface area contributed by atoms with Crippen LogP contribution in [0.25, 0.3) is 0 Å². The van der Waals surface area contributed by atoms with Gasteiger partial charge in [-0.15, -0.1) is 0 Å². The maximum Gasteiger partial charge on any atom is 0.310 e. The summed E-state index contributed by atoms with van der Waals surface area (Å²) in [5, 5.41) is 6.43. The Bertz CT molecular complexity index is 1070. The van der Waals surface area contributed by atoms with Gasteiger partial charge >= 0.3 is 5.97 Å². The number of likely N-dealkylation sites (tertiary alicyclic amines) is 1. The van der Waals surface area contributed by atoms with Crippen LogP contribution in [0.4, 0.5) is 0 Å². The summed E-state index contributed by atoms with van der Waals surface area (Å²) in [7, 11) is 1.64. The van der Waals surface area contributed by atoms with Gasteiger partial charge in [0.2, 0.25) is 0 Å². The van der Waals surface area contributed by atoms with Crippen molar-refractivity contribution in [3.05, 3.63) is 65.2 Å². The van der Waals surface area contributed by atoms with Crippen molar-refractivity contribution in [3.63, 3.8) is 0 Å². The van der Waals surface area contributed by atoms with E-state index in [-0.39, 0.29) is 30.4 Å². The molecule has 0 unspecified atom stereocenters. The van der Waals surface area contributed by atoms with Crippen molar-refractivity contribution in [1.29, 1.82) is 0 Å². The van der Waals surface area contributed by atoms with Gasteiger partial charge in [-0.25, -0.2) is 5.01 Å². The van der Waals surface area contributed by atoms with Crippen molar-refractivity contribution >= 4 is 17.6 Å². The fourth-order valence-electron chi connectivity index (χ4n) is 4.76. The third-order valence-electron chi connectivity index (χ3n) is 6.48. The number of carbonyl (C=O) groups excluding carboxylic acids is 2. The normalized spacial score (nSPS) is 20.7. The molecule has 0 saturated carbocycles. The van der Waals surface area contributed by atoms with E-state index in [0.717, 1.165) is 47.5 Å². The summed E-state index contributed by atoms with van der Waals surface area (Å²) in [5.41, 5.74) is 4.07. The quantitative estimate of drug-likeness (QED) is 0.582. The summed E-state index contributed by atoms with van der Waals surface area (Å²) in [5.74, 6) is 0.331. The number of hydrogen-bond acceptors (Lipinski definition) is 6. The zero-order chi connectivity index (χ0) is 24.1. The number of methoxy groups -OCH3 is 1. The molecule has 0 aliphatic carbocycles. The van der Waals surface area contributed by atoms with Gasteiger partial charge in [0.15, 0.2) is 0 Å². The van der Waals surface area contributed by atoms with Gasteiger partial charge in [0.1, 0.15) is 5.75 Å². The average molecular weight is 464 g/mol. The highest BCUT2D eigenvalue weighted by Crippen LogP contribution is 2.34. The molecule has 2 heterocycles. The Morgan fingerprint density at radius 2 is 1.97 bits per heavy atom. The summed E-state index contributed by atoms with van der Waals surface area (Å²) in [6, 6.07) is 15.8. The summed E-state index contributed by atoms with van der Waals surface area (Å²) in [4.78, 5) is 27.8. The van der Waals surface area contributed by atoms with Gasteiger partial charge in [-0.05, 0) is 56.5 Å². The number of esters is 1. The SMILES string of the molecule is CCOC(=O)[C@@H]1CCCN(CC(=O)N2N=C(c3cccc(C)c3)C[C@@H]2c2cccc(OC)c2)C1. The summed E-state index contributed by atoms with van der Waals surface area (Å²) < 4.78 is 10.6. The Hall–Kier alpha value is -3.19. The highest BCUT2D eigenvalue weighted by Gasteiger charge is 2.35. The van der Waals surface area contributed by atoms with E-state index in [1.165, 1.54) is 0 Å². The number of ether oxygens (including phenoxy) is 2. The second-order valence-corrected chi connectivity index (χ2v) is 8.98. The van der Waals surface area contributed by atoms with Crippen molar-refractivity contribution in [2.24, 2.45) is 11.0 Å². The molecule has 7 nitrogen and oxygen atoms in total. The number of piperidine rings is 1. The third kappa shape index (κ3) is 5.47. The minimum Gasteiger partial charge on any atom is -0.497 e. The van der Waals surface area contributed by atoms with Gasteiger partial charge in [0, 0.05) is 13.0 Å². The number of hydrazone groups is 1. The van der Waals surface area contributed by atoms with Gasteiger partial charge in [0.05, 0.1) is 37.9 Å². The minimum absolute atomic E-state index is 0.0695. The fourth-order valence-corrected chi connectivity index (χ4v) is 4.76. The van der Waals surface area contributed by atoms with Crippen LogP contribution in [0.15, 0.2) is 53.6 Å². The standard InChI is InChI=1S/C27H33N3O4/c1-4-34-27(32)22-11-7-13-29(17-22)18-26(31)30-25(21-10-6-12-23(15-21)33-3)16-24(28-30)20-9-5-8-19(2)14-20/h5-6,8-10,12,14-15,22,25H,4,7,11,13,16-18H2,1-3H3/t22-,25-/m1/s1. The average Bonchev–Trinajstić information content (AvgIpc) is 3.30. The fraction of sp³-hybridized carbons (Fsp3) is 0.444. The molecular weight excluding hydrogens is 430 g/mol. The lowest BCUT2D eigenvalue weighted by molar-refractivity contribution is -0.150. The van der Waals surface area contributed by atoms with Crippen molar-refractivity contribution < 1.29 is 19.1 Å². The second-order valence-electron chi connectivity index (χ2n) is 8.98. The van der Waals surface area contributed by atoms with E-state index in [2.05, 4.69) is 24.0 Å². The van der Waals surface area contributed by atoms with E-state index in [1.54, 1.807) is 12.1 Å². The van der Waals surface area contributed by atoms with Crippen LogP contribution in [0.3, 0.4) is 0 Å². The second kappa shape index (κ2) is 10.8. The summed E-state index contributed by atoms with van der Waals surface area (Å²) in [6.45, 7) is 5.79. The van der Waals surface area contributed by atoms with E-state index in [1.807, 2.05) is 43.3 Å². The summed E-state index contributed by atoms with van der Waals surface area (Å²) >= 11 is 0. The lowest BCUT2D eigenvalue weighted by Crippen LogP contribution is -2.44. The first-order valence-corrected chi connectivity index (χ1v) is 12.0. The molecule has 1 fully saturated rings. The van der Waals surface area contributed by atoms with E-state index < -0.39 is 0 Å². The molecule has 0 radical (unpaired) electrons. The monoisotopic (exact) mass is 463 g/mol. The van der Waals surface area contributed by atoms with Gasteiger partial charge < -0.3 is 9.47 Å². The van der Waals surface area contributed by atoms with Crippen LogP contribution < -0.4 is 4.74 Å². The maximum atomic E-state index is 13.5. The highest BCUT2D eigenvalue weighted by molar-refractivity contribution is 6.03. The molecule has 2 aromatic rings. The molecule has 0 spiro atoms. The minimum atomic E-state index is -0.205. The van der Waals surface area contributed by atoms with Crippen LogP contribution in [-0.2, 0) is 14.3 Å². The van der Waals surface area contributed by atoms with Crippen LogP contribution in [0.2, 0.25) is 0 Å². The Morgan fingerprint density at radius 1 is 1.15 bits per heavy atom. The van der Waals surface area contributed by atoms with Crippen molar-refractivity contribution in [2.45, 2.75) is 39.2 Å². The van der Waals surface area contributed by atoms with Gasteiger partial charge in [0.25, 0.3) is 5.91 Å². The first-order valence-electron chi connectivity index (χ1n) is 12.0. The molecule has 180 valence electrons. The van der Waals surface area contributed by atoms with E-state index in [9.17, 15) is 9.59 Å². The smallest absolute Gasteiger partial charge is 0.310 e. The highest BCUT2D eigenvalue weighted by atomic mass is 16.5. The molecule has 7 heteroatoms. The van der Waals surface area contributed by atoms with Crippen LogP contribution in [0.5, 0.6) is 5.75 Å². The van der Waals surface area contributed by atoms with Gasteiger partial charge in [-0.3, -0.25) is 14.5 Å². The number of rotatable bonds is 7. The number of carbonyl (C=O) groups is 2. The summed E-state index contributed by atoms with van der Waals surface area (Å²) in [6.07, 6.45) is 2.30. The van der Waals surface area contributed by atoms with E-state index in [4.69, 9.17) is 14.6 Å². The predicted octanol–water partition coefficient (Wildman–Crippen LogP) is 3.96. The molecule has 34 heavy (non-hydrogen) atoms. The maximum absolute atomic E-state index is 13.5.